The fraction of sp³-hybridized carbons (Fsp3) is 0.417. The summed E-state index contributed by atoms with van der Waals surface area (Å²) in [6.07, 6.45) is 6.12. The average molecular weight is 222 g/mol. The maximum absolute atomic E-state index is 11.2. The molecule has 16 heavy (non-hydrogen) atoms. The van der Waals surface area contributed by atoms with Crippen molar-refractivity contribution in [2.45, 2.75) is 24.9 Å². The Morgan fingerprint density at radius 1 is 1.56 bits per heavy atom. The first-order valence-corrected chi connectivity index (χ1v) is 5.24. The third-order valence-electron chi connectivity index (χ3n) is 2.74. The molecule has 0 radical (unpaired) electrons. The van der Waals surface area contributed by atoms with Crippen molar-refractivity contribution < 1.29 is 19.1 Å². The maximum atomic E-state index is 11.2. The van der Waals surface area contributed by atoms with Crippen LogP contribution in [0, 0.1) is 0 Å². The molecule has 1 aliphatic rings. The molecule has 4 nitrogen and oxygen atoms in total. The second kappa shape index (κ2) is 4.14. The van der Waals surface area contributed by atoms with Crippen molar-refractivity contribution in [3.63, 3.8) is 0 Å². The first-order chi connectivity index (χ1) is 7.65. The lowest BCUT2D eigenvalue weighted by molar-refractivity contribution is 0.0424. The van der Waals surface area contributed by atoms with E-state index in [-0.39, 0.29) is 5.76 Å². The molecule has 4 heteroatoms. The number of carbonyl (C=O) groups is 1. The number of rotatable bonds is 2. The molecule has 0 saturated heterocycles. The molecule has 1 atom stereocenters. The molecule has 1 aromatic heterocycles. The zero-order chi connectivity index (χ0) is 11.6. The SMILES string of the molecule is COC(=O)c1ccc(C2(O)C=CCCC2)o1. The van der Waals surface area contributed by atoms with E-state index < -0.39 is 11.6 Å². The molecule has 1 unspecified atom stereocenters. The number of ether oxygens (including phenoxy) is 1. The quantitative estimate of drug-likeness (QED) is 0.614. The van der Waals surface area contributed by atoms with Crippen LogP contribution in [0.4, 0.5) is 0 Å². The van der Waals surface area contributed by atoms with Gasteiger partial charge in [0.15, 0.2) is 0 Å². The first-order valence-electron chi connectivity index (χ1n) is 5.24. The minimum absolute atomic E-state index is 0.116. The van der Waals surface area contributed by atoms with Gasteiger partial charge < -0.3 is 14.3 Å². The van der Waals surface area contributed by atoms with Gasteiger partial charge in [-0.1, -0.05) is 6.08 Å². The summed E-state index contributed by atoms with van der Waals surface area (Å²) < 4.78 is 9.84. The molecular formula is C12H14O4. The summed E-state index contributed by atoms with van der Waals surface area (Å²) in [6, 6.07) is 3.13. The second-order valence-electron chi connectivity index (χ2n) is 3.87. The summed E-state index contributed by atoms with van der Waals surface area (Å²) in [7, 11) is 1.29. The van der Waals surface area contributed by atoms with Crippen LogP contribution in [0.3, 0.4) is 0 Å². The van der Waals surface area contributed by atoms with Crippen LogP contribution < -0.4 is 0 Å². The summed E-state index contributed by atoms with van der Waals surface area (Å²) in [5.74, 6) is -0.0246. The van der Waals surface area contributed by atoms with Crippen LogP contribution in [0.5, 0.6) is 0 Å². The van der Waals surface area contributed by atoms with Gasteiger partial charge in [-0.3, -0.25) is 0 Å². The Hall–Kier alpha value is -1.55. The zero-order valence-corrected chi connectivity index (χ0v) is 9.10. The molecule has 1 aromatic rings. The molecule has 0 fully saturated rings. The molecule has 0 aliphatic heterocycles. The summed E-state index contributed by atoms with van der Waals surface area (Å²) in [5.41, 5.74) is -1.08. The van der Waals surface area contributed by atoms with Gasteiger partial charge in [-0.15, -0.1) is 0 Å². The highest BCUT2D eigenvalue weighted by Crippen LogP contribution is 2.33. The number of allylic oxidation sites excluding steroid dienone is 1. The highest BCUT2D eigenvalue weighted by Gasteiger charge is 2.31. The smallest absolute Gasteiger partial charge is 0.373 e. The molecule has 0 aromatic carbocycles. The average Bonchev–Trinajstić information content (AvgIpc) is 2.79. The molecule has 0 bridgehead atoms. The predicted molar refractivity (Wildman–Crippen MR) is 56.9 cm³/mol. The molecule has 1 N–H and O–H groups in total. The van der Waals surface area contributed by atoms with Gasteiger partial charge in [0, 0.05) is 0 Å². The molecule has 2 rings (SSSR count). The second-order valence-corrected chi connectivity index (χ2v) is 3.87. The lowest BCUT2D eigenvalue weighted by atomic mass is 9.89. The Balaban J connectivity index is 2.27. The minimum Gasteiger partial charge on any atom is -0.463 e. The van der Waals surface area contributed by atoms with E-state index in [1.807, 2.05) is 6.08 Å². The van der Waals surface area contributed by atoms with E-state index in [1.54, 1.807) is 12.1 Å². The predicted octanol–water partition coefficient (Wildman–Crippen LogP) is 1.99. The van der Waals surface area contributed by atoms with Crippen molar-refractivity contribution in [2.24, 2.45) is 0 Å². The van der Waals surface area contributed by atoms with Crippen LogP contribution in [0.15, 0.2) is 28.7 Å². The van der Waals surface area contributed by atoms with Crippen molar-refractivity contribution in [3.8, 4) is 0 Å². The molecule has 1 heterocycles. The monoisotopic (exact) mass is 222 g/mol. The van der Waals surface area contributed by atoms with E-state index in [0.29, 0.717) is 12.2 Å². The van der Waals surface area contributed by atoms with Gasteiger partial charge in [0.25, 0.3) is 0 Å². The van der Waals surface area contributed by atoms with Gasteiger partial charge >= 0.3 is 5.97 Å². The standard InChI is InChI=1S/C12H14O4/c1-15-11(13)9-5-6-10(16-9)12(14)7-3-2-4-8-12/h3,5-7,14H,2,4,8H2,1H3. The molecule has 0 saturated carbocycles. The largest absolute Gasteiger partial charge is 0.463 e. The van der Waals surface area contributed by atoms with Crippen LogP contribution in [0.1, 0.15) is 35.6 Å². The van der Waals surface area contributed by atoms with Crippen molar-refractivity contribution in [2.75, 3.05) is 7.11 Å². The molecule has 0 amide bonds. The van der Waals surface area contributed by atoms with E-state index >= 15 is 0 Å². The maximum Gasteiger partial charge on any atom is 0.373 e. The zero-order valence-electron chi connectivity index (χ0n) is 9.10. The number of aliphatic hydroxyl groups is 1. The highest BCUT2D eigenvalue weighted by molar-refractivity contribution is 5.86. The van der Waals surface area contributed by atoms with E-state index in [9.17, 15) is 9.90 Å². The van der Waals surface area contributed by atoms with Crippen LogP contribution >= 0.6 is 0 Å². The summed E-state index contributed by atoms with van der Waals surface area (Å²) in [4.78, 5) is 11.2. The number of esters is 1. The van der Waals surface area contributed by atoms with E-state index in [0.717, 1.165) is 12.8 Å². The fourth-order valence-corrected chi connectivity index (χ4v) is 1.84. The van der Waals surface area contributed by atoms with Gasteiger partial charge in [-0.2, -0.15) is 0 Å². The Bertz CT molecular complexity index is 418. The lowest BCUT2D eigenvalue weighted by Gasteiger charge is -2.24. The van der Waals surface area contributed by atoms with Crippen molar-refractivity contribution in [3.05, 3.63) is 35.8 Å². The van der Waals surface area contributed by atoms with Crippen molar-refractivity contribution >= 4 is 5.97 Å². The lowest BCUT2D eigenvalue weighted by Crippen LogP contribution is -2.24. The Morgan fingerprint density at radius 2 is 2.38 bits per heavy atom. The summed E-state index contributed by atoms with van der Waals surface area (Å²) in [5, 5.41) is 10.3. The molecule has 0 spiro atoms. The van der Waals surface area contributed by atoms with Crippen LogP contribution in [0.2, 0.25) is 0 Å². The topological polar surface area (TPSA) is 59.7 Å². The van der Waals surface area contributed by atoms with Gasteiger partial charge in [-0.25, -0.2) is 4.79 Å². The van der Waals surface area contributed by atoms with Crippen molar-refractivity contribution in [1.82, 2.24) is 0 Å². The summed E-state index contributed by atoms with van der Waals surface area (Å²) in [6.45, 7) is 0. The normalized spacial score (nSPS) is 24.4. The Labute approximate surface area is 93.5 Å². The van der Waals surface area contributed by atoms with Crippen molar-refractivity contribution in [1.29, 1.82) is 0 Å². The van der Waals surface area contributed by atoms with Gasteiger partial charge in [0.05, 0.1) is 7.11 Å². The van der Waals surface area contributed by atoms with Crippen LogP contribution in [-0.4, -0.2) is 18.2 Å². The molecular weight excluding hydrogens is 208 g/mol. The summed E-state index contributed by atoms with van der Waals surface area (Å²) >= 11 is 0. The van der Waals surface area contributed by atoms with E-state index in [4.69, 9.17) is 4.42 Å². The number of carbonyl (C=O) groups excluding carboxylic acids is 1. The van der Waals surface area contributed by atoms with Gasteiger partial charge in [0.2, 0.25) is 5.76 Å². The molecule has 86 valence electrons. The third kappa shape index (κ3) is 1.88. The van der Waals surface area contributed by atoms with E-state index in [1.165, 1.54) is 13.2 Å². The van der Waals surface area contributed by atoms with Crippen LogP contribution in [0.25, 0.3) is 0 Å². The minimum atomic E-state index is -1.08. The Morgan fingerprint density at radius 3 is 3.00 bits per heavy atom. The fourth-order valence-electron chi connectivity index (χ4n) is 1.84. The van der Waals surface area contributed by atoms with E-state index in [2.05, 4.69) is 4.74 Å². The Kier molecular flexibility index (Phi) is 2.83. The third-order valence-corrected chi connectivity index (χ3v) is 2.74. The molecule has 1 aliphatic carbocycles. The van der Waals surface area contributed by atoms with Gasteiger partial charge in [0.1, 0.15) is 11.4 Å². The highest BCUT2D eigenvalue weighted by atomic mass is 16.5. The number of furan rings is 1. The number of methoxy groups -OCH3 is 1. The number of hydrogen-bond acceptors (Lipinski definition) is 4. The van der Waals surface area contributed by atoms with Gasteiger partial charge in [-0.05, 0) is 37.5 Å². The number of hydrogen-bond donors (Lipinski definition) is 1. The first kappa shape index (κ1) is 11.0. The van der Waals surface area contributed by atoms with Crippen LogP contribution in [-0.2, 0) is 10.3 Å².